The van der Waals surface area contributed by atoms with Gasteiger partial charge in [-0.1, -0.05) is 145 Å². The van der Waals surface area contributed by atoms with E-state index in [0.717, 1.165) is 0 Å². The average Bonchev–Trinajstić information content (AvgIpc) is 4.04. The van der Waals surface area contributed by atoms with Crippen LogP contribution in [0.15, 0.2) is 194 Å². The summed E-state index contributed by atoms with van der Waals surface area (Å²) in [7, 11) is 0. The van der Waals surface area contributed by atoms with Crippen LogP contribution in [0.25, 0.3) is 115 Å². The van der Waals surface area contributed by atoms with Gasteiger partial charge in [-0.3, -0.25) is 0 Å². The number of para-hydroxylation sites is 8. The van der Waals surface area contributed by atoms with Gasteiger partial charge in [0, 0.05) is 43.1 Å². The molecular weight excluding hydrogens is 757 g/mol. The smallest absolute Gasteiger partial charge is 0.237 e. The summed E-state index contributed by atoms with van der Waals surface area (Å²) in [5.41, 5.74) is 6.33. The molecule has 4 heterocycles. The van der Waals surface area contributed by atoms with E-state index in [1.54, 1.807) is 109 Å². The standard InChI is InChI=1S/C56H32N6/c1-58-52-53(59-44-26-10-2-18-35(44)36-19-3-11-27-45(36)59)43(34-57)54(60-46-28-12-4-20-37(46)38-21-5-13-29-47(38)60)56(62-50-32-16-8-24-41(50)42-25-9-17-33-51(42)62)55(52)61-48-30-14-6-22-39(48)40-23-7-15-31-49(40)61/h2-33H/i2D,3D,4D,5D,6D,7D,8D,9D. The van der Waals surface area contributed by atoms with E-state index in [-0.39, 0.29) is 65.3 Å². The van der Waals surface area contributed by atoms with E-state index in [1.165, 1.54) is 0 Å². The molecule has 9 aromatic carbocycles. The Hall–Kier alpha value is -8.84. The maximum Gasteiger partial charge on any atom is 0.237 e. The molecule has 13 aromatic rings. The fraction of sp³-hybridized carbons (Fsp3) is 0. The molecule has 4 aromatic heterocycles. The summed E-state index contributed by atoms with van der Waals surface area (Å²) >= 11 is 0. The van der Waals surface area contributed by atoms with E-state index in [0.29, 0.717) is 104 Å². The number of nitrogens with zero attached hydrogens (tertiary/aromatic N) is 6. The van der Waals surface area contributed by atoms with Gasteiger partial charge in [-0.05, 0) is 48.5 Å². The molecule has 0 saturated carbocycles. The van der Waals surface area contributed by atoms with Crippen molar-refractivity contribution in [1.82, 2.24) is 18.3 Å². The summed E-state index contributed by atoms with van der Waals surface area (Å²) in [6, 6.07) is 46.5. The van der Waals surface area contributed by atoms with Crippen molar-refractivity contribution < 1.29 is 11.0 Å². The van der Waals surface area contributed by atoms with Crippen molar-refractivity contribution in [1.29, 1.82) is 5.26 Å². The average molecular weight is 797 g/mol. The molecule has 0 atom stereocenters. The van der Waals surface area contributed by atoms with Gasteiger partial charge >= 0.3 is 0 Å². The van der Waals surface area contributed by atoms with Crippen molar-refractivity contribution >= 4 is 92.9 Å². The van der Waals surface area contributed by atoms with Crippen molar-refractivity contribution in [2.24, 2.45) is 0 Å². The molecule has 6 nitrogen and oxygen atoms in total. The summed E-state index contributed by atoms with van der Waals surface area (Å²) in [6.07, 6.45) is 0. The highest BCUT2D eigenvalue weighted by Gasteiger charge is 2.34. The number of hydrogen-bond donors (Lipinski definition) is 0. The minimum Gasteiger partial charge on any atom is -0.318 e. The molecule has 0 aliphatic carbocycles. The van der Waals surface area contributed by atoms with Crippen LogP contribution in [-0.2, 0) is 0 Å². The molecule has 0 N–H and O–H groups in total. The topological polar surface area (TPSA) is 47.9 Å². The Morgan fingerprint density at radius 1 is 0.355 bits per heavy atom. The van der Waals surface area contributed by atoms with Crippen molar-refractivity contribution in [3.63, 3.8) is 0 Å². The first-order valence-corrected chi connectivity index (χ1v) is 20.0. The molecule has 13 rings (SSSR count). The molecule has 0 amide bonds. The highest BCUT2D eigenvalue weighted by molar-refractivity contribution is 6.16. The van der Waals surface area contributed by atoms with Crippen LogP contribution in [0.3, 0.4) is 0 Å². The van der Waals surface area contributed by atoms with Gasteiger partial charge in [0.25, 0.3) is 0 Å². The van der Waals surface area contributed by atoms with Crippen molar-refractivity contribution in [3.8, 4) is 28.8 Å². The molecule has 6 heteroatoms. The molecule has 0 fully saturated rings. The normalized spacial score (nSPS) is 13.6. The lowest BCUT2D eigenvalue weighted by Crippen LogP contribution is -2.14. The second-order valence-electron chi connectivity index (χ2n) is 15.2. The third-order valence-corrected chi connectivity index (χ3v) is 12.3. The zero-order valence-corrected chi connectivity index (χ0v) is 32.5. The van der Waals surface area contributed by atoms with Gasteiger partial charge in [0.1, 0.15) is 6.07 Å². The molecule has 0 aliphatic rings. The molecular formula is C56H32N6. The Kier molecular flexibility index (Phi) is 5.59. The lowest BCUT2D eigenvalue weighted by Gasteiger charge is -2.27. The van der Waals surface area contributed by atoms with Crippen LogP contribution in [0.5, 0.6) is 0 Å². The van der Waals surface area contributed by atoms with Gasteiger partial charge in [0.05, 0.1) is 90.0 Å². The molecule has 0 unspecified atom stereocenters. The Morgan fingerprint density at radius 2 is 0.597 bits per heavy atom. The number of aromatic nitrogens is 4. The van der Waals surface area contributed by atoms with Gasteiger partial charge in [-0.15, -0.1) is 0 Å². The largest absolute Gasteiger partial charge is 0.318 e. The first-order valence-electron chi connectivity index (χ1n) is 24.0. The fourth-order valence-corrected chi connectivity index (χ4v) is 9.90. The number of fused-ring (bicyclic) bond motifs is 12. The summed E-state index contributed by atoms with van der Waals surface area (Å²) in [5, 5.41) is 17.5. The molecule has 0 radical (unpaired) electrons. The van der Waals surface area contributed by atoms with Crippen LogP contribution in [0.4, 0.5) is 5.69 Å². The van der Waals surface area contributed by atoms with E-state index in [9.17, 15) is 11.8 Å². The third-order valence-electron chi connectivity index (χ3n) is 12.3. The summed E-state index contributed by atoms with van der Waals surface area (Å²) in [4.78, 5) is 4.49. The SMILES string of the molecule is [2H]c1ccc2c(c1)c1cc([2H])ccc1n2-c1c(C#N)c(-n2c3ccc([2H])cc3c3cc([2H])ccc32)c(-n2c3ccc([2H])cc3c3cc([2H])ccc32)c(-n2c3ccc([2H])cc3c3cc([2H])ccc32)c1[N+]#[C-]. The van der Waals surface area contributed by atoms with E-state index < -0.39 is 0 Å². The first kappa shape index (κ1) is 27.0. The van der Waals surface area contributed by atoms with Crippen LogP contribution in [0.1, 0.15) is 16.5 Å². The predicted molar refractivity (Wildman–Crippen MR) is 255 cm³/mol. The van der Waals surface area contributed by atoms with E-state index in [2.05, 4.69) is 10.9 Å². The molecule has 0 saturated heterocycles. The fourth-order valence-electron chi connectivity index (χ4n) is 9.90. The van der Waals surface area contributed by atoms with Gasteiger partial charge < -0.3 is 18.3 Å². The number of nitriles is 1. The molecule has 0 bridgehead atoms. The van der Waals surface area contributed by atoms with Crippen LogP contribution < -0.4 is 0 Å². The predicted octanol–water partition coefficient (Wildman–Crippen LogP) is 14.5. The van der Waals surface area contributed by atoms with Crippen molar-refractivity contribution in [2.75, 3.05) is 0 Å². The number of rotatable bonds is 4. The Morgan fingerprint density at radius 3 is 0.855 bits per heavy atom. The van der Waals surface area contributed by atoms with Crippen LogP contribution in [-0.4, -0.2) is 18.3 Å². The minimum absolute atomic E-state index is 0.0644. The van der Waals surface area contributed by atoms with Crippen LogP contribution in [0, 0.1) is 17.9 Å². The Bertz CT molecular complexity index is 4220. The highest BCUT2D eigenvalue weighted by atomic mass is 15.1. The van der Waals surface area contributed by atoms with Gasteiger partial charge in [-0.25, -0.2) is 4.85 Å². The van der Waals surface area contributed by atoms with E-state index >= 15 is 0 Å². The monoisotopic (exact) mass is 796 g/mol. The summed E-state index contributed by atoms with van der Waals surface area (Å²) < 4.78 is 78.2. The Labute approximate surface area is 366 Å². The lowest BCUT2D eigenvalue weighted by molar-refractivity contribution is 1.03. The second-order valence-corrected chi connectivity index (χ2v) is 15.2. The lowest BCUT2D eigenvalue weighted by atomic mass is 10.0. The second kappa shape index (κ2) is 12.8. The summed E-state index contributed by atoms with van der Waals surface area (Å²) in [5.74, 6) is 0. The molecule has 286 valence electrons. The quantitative estimate of drug-likeness (QED) is 0.164. The van der Waals surface area contributed by atoms with Gasteiger partial charge in [-0.2, -0.15) is 5.26 Å². The van der Waals surface area contributed by atoms with E-state index in [1.807, 2.05) is 54.7 Å². The minimum atomic E-state index is 0.0644. The van der Waals surface area contributed by atoms with E-state index in [4.69, 9.17) is 11.0 Å². The molecule has 0 spiro atoms. The summed E-state index contributed by atoms with van der Waals surface area (Å²) in [6.45, 7) is 9.49. The van der Waals surface area contributed by atoms with Crippen molar-refractivity contribution in [2.45, 2.75) is 0 Å². The number of benzene rings is 9. The maximum atomic E-state index is 12.2. The highest BCUT2D eigenvalue weighted by Crippen LogP contribution is 2.51. The van der Waals surface area contributed by atoms with Crippen LogP contribution >= 0.6 is 0 Å². The first-order chi connectivity index (χ1) is 33.9. The molecule has 62 heavy (non-hydrogen) atoms. The Balaban J connectivity index is 1.40. The van der Waals surface area contributed by atoms with Gasteiger partial charge in [0.2, 0.25) is 5.69 Å². The third kappa shape index (κ3) is 4.39. The maximum absolute atomic E-state index is 12.2. The van der Waals surface area contributed by atoms with Crippen molar-refractivity contribution in [3.05, 3.63) is 211 Å². The zero-order valence-electron chi connectivity index (χ0n) is 40.5. The zero-order chi connectivity index (χ0) is 48.0. The number of hydrogen-bond acceptors (Lipinski definition) is 1. The molecule has 0 aliphatic heterocycles. The van der Waals surface area contributed by atoms with Crippen LogP contribution in [0.2, 0.25) is 0 Å². The van der Waals surface area contributed by atoms with Gasteiger partial charge in [0.15, 0.2) is 0 Å².